The summed E-state index contributed by atoms with van der Waals surface area (Å²) in [6, 6.07) is 43.5. The molecule has 1 aliphatic heterocycles. The maximum atomic E-state index is 14.3. The molecule has 0 bridgehead atoms. The summed E-state index contributed by atoms with van der Waals surface area (Å²) in [6.45, 7) is 20.1. The van der Waals surface area contributed by atoms with Gasteiger partial charge in [-0.2, -0.15) is 0 Å². The molecule has 2 unspecified atom stereocenters. The lowest BCUT2D eigenvalue weighted by Gasteiger charge is -2.44. The number of methoxy groups -OCH3 is 3. The Balaban J connectivity index is 1.35. The number of carbonyl (C=O) groups is 2. The average Bonchev–Trinajstić information content (AvgIpc) is 3.68. The molecule has 0 saturated carbocycles. The number of thioether (sulfide) groups is 1. The van der Waals surface area contributed by atoms with Crippen molar-refractivity contribution in [2.24, 2.45) is 0 Å². The first-order valence-electron chi connectivity index (χ1n) is 25.0. The number of carbonyl (C=O) groups excluding carboxylic acids is 2. The van der Waals surface area contributed by atoms with Crippen LogP contribution in [-0.2, 0) is 34.7 Å². The monoisotopic (exact) mass is 1030 g/mol. The molecular formula is C59H76O10SSi2. The first kappa shape index (κ1) is 56.3. The van der Waals surface area contributed by atoms with E-state index in [-0.39, 0.29) is 34.1 Å². The molecule has 13 heteroatoms. The van der Waals surface area contributed by atoms with Gasteiger partial charge in [0, 0.05) is 24.3 Å². The van der Waals surface area contributed by atoms with Crippen LogP contribution in [0.5, 0.6) is 11.5 Å². The molecule has 0 aromatic heterocycles. The summed E-state index contributed by atoms with van der Waals surface area (Å²) < 4.78 is 50.5. The van der Waals surface area contributed by atoms with Gasteiger partial charge in [-0.05, 0) is 109 Å². The molecule has 10 nitrogen and oxygen atoms in total. The molecule has 1 aliphatic rings. The van der Waals surface area contributed by atoms with Gasteiger partial charge in [0.2, 0.25) is 0 Å². The molecule has 5 atom stereocenters. The molecule has 0 radical (unpaired) electrons. The second-order valence-electron chi connectivity index (χ2n) is 21.1. The van der Waals surface area contributed by atoms with Crippen molar-refractivity contribution in [1.82, 2.24) is 0 Å². The smallest absolute Gasteiger partial charge is 0.339 e. The summed E-state index contributed by atoms with van der Waals surface area (Å²) in [5.41, 5.74) is 1.85. The van der Waals surface area contributed by atoms with Crippen LogP contribution in [-0.4, -0.2) is 86.5 Å². The van der Waals surface area contributed by atoms with E-state index >= 15 is 0 Å². The van der Waals surface area contributed by atoms with E-state index in [0.717, 1.165) is 22.3 Å². The van der Waals surface area contributed by atoms with Gasteiger partial charge >= 0.3 is 11.9 Å². The molecule has 1 saturated heterocycles. The van der Waals surface area contributed by atoms with Gasteiger partial charge in [-0.3, -0.25) is 0 Å². The van der Waals surface area contributed by atoms with Crippen LogP contribution in [0.1, 0.15) is 97.9 Å². The Morgan fingerprint density at radius 1 is 0.778 bits per heavy atom. The van der Waals surface area contributed by atoms with Crippen LogP contribution in [0.4, 0.5) is 0 Å². The summed E-state index contributed by atoms with van der Waals surface area (Å²) in [6.07, 6.45) is 4.28. The zero-order chi connectivity index (χ0) is 52.1. The third kappa shape index (κ3) is 14.8. The summed E-state index contributed by atoms with van der Waals surface area (Å²) in [4.78, 5) is 28.9. The Bertz CT molecular complexity index is 2490. The highest BCUT2D eigenvalue weighted by Crippen LogP contribution is 2.45. The third-order valence-corrected chi connectivity index (χ3v) is 21.1. The fourth-order valence-corrected chi connectivity index (χ4v) is 15.9. The molecule has 0 aliphatic carbocycles. The molecule has 0 N–H and O–H groups in total. The normalized spacial score (nSPS) is 17.3. The topological polar surface area (TPSA) is 108 Å². The molecule has 6 rings (SSSR count). The van der Waals surface area contributed by atoms with E-state index in [1.807, 2.05) is 74.5 Å². The average molecular weight is 1030 g/mol. The van der Waals surface area contributed by atoms with Gasteiger partial charge in [-0.1, -0.05) is 144 Å². The Labute approximate surface area is 435 Å². The van der Waals surface area contributed by atoms with Gasteiger partial charge in [0.15, 0.2) is 5.79 Å². The lowest BCUT2D eigenvalue weighted by molar-refractivity contribution is -0.156. The molecule has 1 fully saturated rings. The van der Waals surface area contributed by atoms with Gasteiger partial charge in [-0.15, -0.1) is 11.8 Å². The summed E-state index contributed by atoms with van der Waals surface area (Å²) in [5.74, 6) is -0.978. The van der Waals surface area contributed by atoms with Crippen molar-refractivity contribution in [2.75, 3.05) is 27.9 Å². The van der Waals surface area contributed by atoms with Crippen molar-refractivity contribution >= 4 is 50.5 Å². The largest absolute Gasteiger partial charge is 0.497 e. The molecule has 386 valence electrons. The second kappa shape index (κ2) is 25.3. The van der Waals surface area contributed by atoms with Gasteiger partial charge in [0.25, 0.3) is 8.32 Å². The minimum Gasteiger partial charge on any atom is -0.497 e. The number of rotatable bonds is 24. The van der Waals surface area contributed by atoms with Crippen LogP contribution < -0.4 is 19.8 Å². The van der Waals surface area contributed by atoms with Crippen LogP contribution >= 0.6 is 11.8 Å². The first-order valence-corrected chi connectivity index (χ1v) is 31.5. The number of hydrogen-bond acceptors (Lipinski definition) is 11. The summed E-state index contributed by atoms with van der Waals surface area (Å²) in [5, 5.41) is 1.91. The Hall–Kier alpha value is -5.00. The molecule has 0 amide bonds. The van der Waals surface area contributed by atoms with E-state index in [9.17, 15) is 9.59 Å². The third-order valence-electron chi connectivity index (χ3n) is 12.9. The molecule has 0 spiro atoms. The highest BCUT2D eigenvalue weighted by atomic mass is 32.2. The number of hydrogen-bond donors (Lipinski definition) is 0. The SMILES string of the molecule is COC(=O)c1cc(OC)cc(C(CC[C@@H]2OC(C)(C)O[C@@H]2C(/C=C\C[C@@H](C)O[Si](c2ccccc2)(c2ccccc2)C(C)(C)C)OCc2ccc(OC)cc2)Sc2ccccc2)c1C(=O)OCC[Si](C)(C)C. The van der Waals surface area contributed by atoms with Crippen molar-refractivity contribution in [1.29, 1.82) is 0 Å². The first-order chi connectivity index (χ1) is 34.3. The molecule has 5 aromatic carbocycles. The minimum atomic E-state index is -2.82. The maximum Gasteiger partial charge on any atom is 0.339 e. The van der Waals surface area contributed by atoms with Crippen molar-refractivity contribution in [3.05, 3.63) is 162 Å². The molecule has 1 heterocycles. The Morgan fingerprint density at radius 3 is 1.93 bits per heavy atom. The van der Waals surface area contributed by atoms with Crippen LogP contribution in [0.15, 0.2) is 144 Å². The second-order valence-corrected chi connectivity index (χ2v) is 32.2. The van der Waals surface area contributed by atoms with E-state index < -0.39 is 52.4 Å². The molecule has 72 heavy (non-hydrogen) atoms. The maximum absolute atomic E-state index is 14.3. The fourth-order valence-electron chi connectivity index (χ4n) is 9.27. The lowest BCUT2D eigenvalue weighted by atomic mass is 9.93. The van der Waals surface area contributed by atoms with Crippen molar-refractivity contribution in [3.63, 3.8) is 0 Å². The molecule has 5 aromatic rings. The van der Waals surface area contributed by atoms with E-state index in [1.54, 1.807) is 32.0 Å². The zero-order valence-corrected chi connectivity index (χ0v) is 47.2. The van der Waals surface area contributed by atoms with E-state index in [0.29, 0.717) is 37.2 Å². The Kier molecular flexibility index (Phi) is 19.8. The van der Waals surface area contributed by atoms with Gasteiger partial charge in [0.05, 0.1) is 51.8 Å². The highest BCUT2D eigenvalue weighted by molar-refractivity contribution is 7.99. The van der Waals surface area contributed by atoms with Gasteiger partial charge < -0.3 is 37.6 Å². The predicted molar refractivity (Wildman–Crippen MR) is 294 cm³/mol. The van der Waals surface area contributed by atoms with Gasteiger partial charge in [0.1, 0.15) is 23.7 Å². The summed E-state index contributed by atoms with van der Waals surface area (Å²) >= 11 is 1.60. The van der Waals surface area contributed by atoms with Crippen molar-refractivity contribution in [2.45, 2.75) is 138 Å². The van der Waals surface area contributed by atoms with E-state index in [2.05, 4.69) is 120 Å². The highest BCUT2D eigenvalue weighted by Gasteiger charge is 2.51. The van der Waals surface area contributed by atoms with Crippen molar-refractivity contribution < 1.29 is 47.2 Å². The van der Waals surface area contributed by atoms with Crippen LogP contribution in [0.25, 0.3) is 0 Å². The van der Waals surface area contributed by atoms with E-state index in [4.69, 9.17) is 37.6 Å². The van der Waals surface area contributed by atoms with Gasteiger partial charge in [-0.25, -0.2) is 9.59 Å². The number of esters is 2. The zero-order valence-electron chi connectivity index (χ0n) is 44.4. The summed E-state index contributed by atoms with van der Waals surface area (Å²) in [7, 11) is 0.136. The van der Waals surface area contributed by atoms with Crippen molar-refractivity contribution in [3.8, 4) is 11.5 Å². The van der Waals surface area contributed by atoms with Crippen LogP contribution in [0.2, 0.25) is 30.7 Å². The number of ether oxygens (including phenoxy) is 7. The number of benzene rings is 5. The quantitative estimate of drug-likeness (QED) is 0.0255. The Morgan fingerprint density at radius 2 is 1.38 bits per heavy atom. The van der Waals surface area contributed by atoms with Crippen LogP contribution in [0, 0.1) is 0 Å². The lowest BCUT2D eigenvalue weighted by Crippen LogP contribution is -2.67. The fraction of sp³-hybridized carbons (Fsp3) is 0.424. The van der Waals surface area contributed by atoms with E-state index in [1.165, 1.54) is 17.5 Å². The standard InChI is InChI=1S/C59H76O10SSi2/c1-42(69-72(58(2,3)4,47-26-18-14-19-27-47)48-28-20-15-21-29-48)23-22-30-51(66-41-43-31-33-44(62-7)34-32-43)55-52(67-59(5,6)68-55)35-36-53(70-46-24-16-13-17-25-46)49-39-45(63-8)40-50(56(60)64-9)54(49)57(61)65-37-38-71(10,11)12/h13-22,24-34,39-40,42,51-53,55H,23,35-38,41H2,1-12H3/b30-22-/t42-,51?,52+,53?,55-/m1/s1. The predicted octanol–water partition coefficient (Wildman–Crippen LogP) is 12.6. The molecular weight excluding hydrogens is 957 g/mol. The minimum absolute atomic E-state index is 0.0910. The van der Waals surface area contributed by atoms with Crippen LogP contribution in [0.3, 0.4) is 0 Å².